The third kappa shape index (κ3) is 4.35. The van der Waals surface area contributed by atoms with Gasteiger partial charge in [0.05, 0.1) is 7.11 Å². The molecule has 0 unspecified atom stereocenters. The highest BCUT2D eigenvalue weighted by molar-refractivity contribution is 5.36. The van der Waals surface area contributed by atoms with E-state index in [1.54, 1.807) is 7.11 Å². The molecule has 0 bridgehead atoms. The van der Waals surface area contributed by atoms with E-state index >= 15 is 0 Å². The first-order chi connectivity index (χ1) is 11.2. The molecule has 2 nitrogen and oxygen atoms in total. The number of methoxy groups -OCH3 is 1. The van der Waals surface area contributed by atoms with Gasteiger partial charge in [-0.15, -0.1) is 0 Å². The van der Waals surface area contributed by atoms with Crippen molar-refractivity contribution >= 4 is 0 Å². The molecule has 1 aliphatic rings. The van der Waals surface area contributed by atoms with Crippen LogP contribution in [0.5, 0.6) is 5.75 Å². The molecule has 0 radical (unpaired) electrons. The zero-order chi connectivity index (χ0) is 16.1. The summed E-state index contributed by atoms with van der Waals surface area (Å²) in [7, 11) is 1.74. The standard InChI is InChI=1S/C21H27NO/c1-17-14-20(8-9-21(17)23-2)16-22-12-10-19(11-13-22)15-18-6-4-3-5-7-18/h3-9,14,19H,10-13,15-16H2,1-2H3. The molecule has 3 rings (SSSR count). The summed E-state index contributed by atoms with van der Waals surface area (Å²) >= 11 is 0. The largest absolute Gasteiger partial charge is 0.496 e. The number of hydrogen-bond acceptors (Lipinski definition) is 2. The van der Waals surface area contributed by atoms with Crippen LogP contribution in [0.4, 0.5) is 0 Å². The van der Waals surface area contributed by atoms with Crippen molar-refractivity contribution in [2.75, 3.05) is 20.2 Å². The predicted molar refractivity (Wildman–Crippen MR) is 95.9 cm³/mol. The molecule has 1 saturated heterocycles. The van der Waals surface area contributed by atoms with E-state index < -0.39 is 0 Å². The summed E-state index contributed by atoms with van der Waals surface area (Å²) < 4.78 is 5.35. The lowest BCUT2D eigenvalue weighted by Crippen LogP contribution is -2.33. The second-order valence-corrected chi connectivity index (χ2v) is 6.71. The topological polar surface area (TPSA) is 12.5 Å². The quantitative estimate of drug-likeness (QED) is 0.808. The Morgan fingerprint density at radius 3 is 2.39 bits per heavy atom. The highest BCUT2D eigenvalue weighted by atomic mass is 16.5. The molecule has 0 atom stereocenters. The average Bonchev–Trinajstić information content (AvgIpc) is 2.58. The maximum absolute atomic E-state index is 5.35. The van der Waals surface area contributed by atoms with Crippen molar-refractivity contribution in [1.82, 2.24) is 4.90 Å². The fourth-order valence-electron chi connectivity index (χ4n) is 3.59. The van der Waals surface area contributed by atoms with Gasteiger partial charge in [0, 0.05) is 6.54 Å². The van der Waals surface area contributed by atoms with Crippen LogP contribution in [0.2, 0.25) is 0 Å². The molecule has 122 valence electrons. The number of benzene rings is 2. The molecule has 0 aliphatic carbocycles. The molecule has 1 fully saturated rings. The van der Waals surface area contributed by atoms with Crippen molar-refractivity contribution in [3.05, 3.63) is 65.2 Å². The zero-order valence-electron chi connectivity index (χ0n) is 14.3. The fraction of sp³-hybridized carbons (Fsp3) is 0.429. The second-order valence-electron chi connectivity index (χ2n) is 6.71. The van der Waals surface area contributed by atoms with Crippen molar-refractivity contribution in [1.29, 1.82) is 0 Å². The lowest BCUT2D eigenvalue weighted by molar-refractivity contribution is 0.177. The van der Waals surface area contributed by atoms with Crippen molar-refractivity contribution < 1.29 is 4.74 Å². The maximum atomic E-state index is 5.35. The van der Waals surface area contributed by atoms with E-state index in [9.17, 15) is 0 Å². The van der Waals surface area contributed by atoms with Crippen LogP contribution >= 0.6 is 0 Å². The van der Waals surface area contributed by atoms with Gasteiger partial charge in [0.2, 0.25) is 0 Å². The summed E-state index contributed by atoms with van der Waals surface area (Å²) in [6.07, 6.45) is 3.85. The first-order valence-corrected chi connectivity index (χ1v) is 8.64. The number of aryl methyl sites for hydroxylation is 1. The van der Waals surface area contributed by atoms with E-state index in [1.807, 2.05) is 0 Å². The van der Waals surface area contributed by atoms with Gasteiger partial charge in [0.25, 0.3) is 0 Å². The van der Waals surface area contributed by atoms with Gasteiger partial charge in [-0.2, -0.15) is 0 Å². The van der Waals surface area contributed by atoms with Gasteiger partial charge in [-0.3, -0.25) is 4.90 Å². The second kappa shape index (κ2) is 7.65. The summed E-state index contributed by atoms with van der Waals surface area (Å²) in [5.41, 5.74) is 4.10. The molecule has 2 aromatic carbocycles. The van der Waals surface area contributed by atoms with Crippen LogP contribution in [0, 0.1) is 12.8 Å². The third-order valence-corrected chi connectivity index (χ3v) is 4.94. The van der Waals surface area contributed by atoms with Gasteiger partial charge >= 0.3 is 0 Å². The smallest absolute Gasteiger partial charge is 0.121 e. The molecule has 0 amide bonds. The summed E-state index contributed by atoms with van der Waals surface area (Å²) in [4.78, 5) is 2.59. The Bertz CT molecular complexity index is 615. The molecule has 0 N–H and O–H groups in total. The van der Waals surface area contributed by atoms with E-state index in [1.165, 1.54) is 49.0 Å². The van der Waals surface area contributed by atoms with Gasteiger partial charge in [0.15, 0.2) is 0 Å². The predicted octanol–water partition coefficient (Wildman–Crippen LogP) is 4.46. The SMILES string of the molecule is COc1ccc(CN2CCC(Cc3ccccc3)CC2)cc1C. The monoisotopic (exact) mass is 309 g/mol. The Kier molecular flexibility index (Phi) is 5.35. The highest BCUT2D eigenvalue weighted by Crippen LogP contribution is 2.24. The molecule has 2 heteroatoms. The molecule has 0 spiro atoms. The minimum atomic E-state index is 0.839. The fourth-order valence-corrected chi connectivity index (χ4v) is 3.59. The molecule has 1 heterocycles. The van der Waals surface area contributed by atoms with Gasteiger partial charge in [-0.1, -0.05) is 42.5 Å². The van der Waals surface area contributed by atoms with Crippen LogP contribution < -0.4 is 4.74 Å². The first-order valence-electron chi connectivity index (χ1n) is 8.64. The molecular formula is C21H27NO. The summed E-state index contributed by atoms with van der Waals surface area (Å²) in [6, 6.07) is 17.5. The Morgan fingerprint density at radius 1 is 1.00 bits per heavy atom. The van der Waals surface area contributed by atoms with Gasteiger partial charge < -0.3 is 4.74 Å². The number of ether oxygens (including phenoxy) is 1. The van der Waals surface area contributed by atoms with E-state index in [0.717, 1.165) is 18.2 Å². The summed E-state index contributed by atoms with van der Waals surface area (Å²) in [5, 5.41) is 0. The zero-order valence-corrected chi connectivity index (χ0v) is 14.3. The van der Waals surface area contributed by atoms with Crippen molar-refractivity contribution in [2.45, 2.75) is 32.7 Å². The number of likely N-dealkylation sites (tertiary alicyclic amines) is 1. The number of nitrogens with zero attached hydrogens (tertiary/aromatic N) is 1. The molecule has 1 aliphatic heterocycles. The van der Waals surface area contributed by atoms with E-state index in [4.69, 9.17) is 4.74 Å². The van der Waals surface area contributed by atoms with Crippen molar-refractivity contribution in [3.8, 4) is 5.75 Å². The highest BCUT2D eigenvalue weighted by Gasteiger charge is 2.19. The maximum Gasteiger partial charge on any atom is 0.121 e. The average molecular weight is 309 g/mol. The van der Waals surface area contributed by atoms with Gasteiger partial charge in [-0.05, 0) is 68.0 Å². The minimum absolute atomic E-state index is 0.839. The van der Waals surface area contributed by atoms with Crippen LogP contribution in [-0.2, 0) is 13.0 Å². The van der Waals surface area contributed by atoms with E-state index in [0.29, 0.717) is 0 Å². The molecule has 2 aromatic rings. The van der Waals surface area contributed by atoms with Crippen molar-refractivity contribution in [2.24, 2.45) is 5.92 Å². The number of piperidine rings is 1. The minimum Gasteiger partial charge on any atom is -0.496 e. The van der Waals surface area contributed by atoms with Crippen LogP contribution in [0.25, 0.3) is 0 Å². The van der Waals surface area contributed by atoms with E-state index in [-0.39, 0.29) is 0 Å². The van der Waals surface area contributed by atoms with Crippen LogP contribution in [-0.4, -0.2) is 25.1 Å². The Balaban J connectivity index is 1.50. The van der Waals surface area contributed by atoms with Gasteiger partial charge in [0.1, 0.15) is 5.75 Å². The summed E-state index contributed by atoms with van der Waals surface area (Å²) in [5.74, 6) is 1.82. The van der Waals surface area contributed by atoms with Crippen LogP contribution in [0.15, 0.2) is 48.5 Å². The Hall–Kier alpha value is -1.80. The van der Waals surface area contributed by atoms with Crippen molar-refractivity contribution in [3.63, 3.8) is 0 Å². The number of hydrogen-bond donors (Lipinski definition) is 0. The number of rotatable bonds is 5. The van der Waals surface area contributed by atoms with Crippen LogP contribution in [0.1, 0.15) is 29.5 Å². The van der Waals surface area contributed by atoms with E-state index in [2.05, 4.69) is 60.4 Å². The Labute approximate surface area is 140 Å². The molecule has 0 aromatic heterocycles. The normalized spacial score (nSPS) is 16.4. The molecular weight excluding hydrogens is 282 g/mol. The molecule has 0 saturated carbocycles. The van der Waals surface area contributed by atoms with Gasteiger partial charge in [-0.25, -0.2) is 0 Å². The lowest BCUT2D eigenvalue weighted by Gasteiger charge is -2.32. The Morgan fingerprint density at radius 2 is 1.74 bits per heavy atom. The first kappa shape index (κ1) is 16.1. The lowest BCUT2D eigenvalue weighted by atomic mass is 9.90. The summed E-state index contributed by atoms with van der Waals surface area (Å²) in [6.45, 7) is 5.60. The third-order valence-electron chi connectivity index (χ3n) is 4.94. The van der Waals surface area contributed by atoms with Crippen LogP contribution in [0.3, 0.4) is 0 Å². The molecule has 23 heavy (non-hydrogen) atoms.